The Morgan fingerprint density at radius 3 is 2.92 bits per heavy atom. The minimum absolute atomic E-state index is 0.104. The molecule has 1 amide bonds. The van der Waals surface area contributed by atoms with E-state index in [0.717, 1.165) is 22.2 Å². The van der Waals surface area contributed by atoms with Crippen LogP contribution in [0, 0.1) is 0 Å². The topological polar surface area (TPSA) is 48.5 Å². The first kappa shape index (κ1) is 17.4. The lowest BCUT2D eigenvalue weighted by Gasteiger charge is -2.29. The van der Waals surface area contributed by atoms with Crippen molar-refractivity contribution in [3.8, 4) is 10.6 Å². The highest BCUT2D eigenvalue weighted by Gasteiger charge is 2.38. The quantitative estimate of drug-likeness (QED) is 0.856. The first-order valence-electron chi connectivity index (χ1n) is 8.20. The van der Waals surface area contributed by atoms with E-state index in [9.17, 15) is 4.79 Å². The van der Waals surface area contributed by atoms with Gasteiger partial charge in [-0.1, -0.05) is 11.3 Å². The van der Waals surface area contributed by atoms with E-state index in [2.05, 4.69) is 45.8 Å². The number of thiazole rings is 1. The summed E-state index contributed by atoms with van der Waals surface area (Å²) >= 11 is 3.38. The number of fused-ring (bicyclic) bond motifs is 1. The maximum Gasteiger partial charge on any atom is 0.243 e. The largest absolute Gasteiger partial charge is 0.353 e. The van der Waals surface area contributed by atoms with Crippen molar-refractivity contribution in [2.45, 2.75) is 32.4 Å². The Morgan fingerprint density at radius 2 is 2.29 bits per heavy atom. The lowest BCUT2D eigenvalue weighted by Crippen LogP contribution is -2.49. The Bertz CT molecular complexity index is 694. The second-order valence-corrected chi connectivity index (χ2v) is 8.36. The summed E-state index contributed by atoms with van der Waals surface area (Å²) in [6.45, 7) is 5.80. The predicted molar refractivity (Wildman–Crippen MR) is 102 cm³/mol. The van der Waals surface area contributed by atoms with E-state index in [0.29, 0.717) is 13.0 Å². The van der Waals surface area contributed by atoms with Gasteiger partial charge < -0.3 is 15.1 Å². The number of rotatable bonds is 6. The highest BCUT2D eigenvalue weighted by atomic mass is 32.1. The van der Waals surface area contributed by atoms with Crippen LogP contribution in [-0.4, -0.2) is 55.1 Å². The summed E-state index contributed by atoms with van der Waals surface area (Å²) in [5, 5.41) is 9.47. The minimum atomic E-state index is -0.141. The Kier molecular flexibility index (Phi) is 5.22. The molecule has 0 fully saturated rings. The van der Waals surface area contributed by atoms with Gasteiger partial charge in [-0.15, -0.1) is 0 Å². The second kappa shape index (κ2) is 7.21. The van der Waals surface area contributed by atoms with Crippen LogP contribution in [0.4, 0.5) is 5.00 Å². The van der Waals surface area contributed by atoms with Gasteiger partial charge in [-0.3, -0.25) is 4.79 Å². The van der Waals surface area contributed by atoms with Crippen LogP contribution in [0.1, 0.15) is 19.5 Å². The summed E-state index contributed by atoms with van der Waals surface area (Å²) in [4.78, 5) is 21.7. The van der Waals surface area contributed by atoms with Crippen LogP contribution in [0.15, 0.2) is 16.8 Å². The summed E-state index contributed by atoms with van der Waals surface area (Å²) in [6.07, 6.45) is 0.696. The highest BCUT2D eigenvalue weighted by Crippen LogP contribution is 2.42. The normalized spacial score (nSPS) is 16.9. The van der Waals surface area contributed by atoms with Crippen molar-refractivity contribution in [1.82, 2.24) is 15.2 Å². The highest BCUT2D eigenvalue weighted by molar-refractivity contribution is 7.19. The summed E-state index contributed by atoms with van der Waals surface area (Å²) in [7, 11) is 4.02. The van der Waals surface area contributed by atoms with Crippen LogP contribution in [0.2, 0.25) is 0 Å². The molecule has 0 aliphatic carbocycles. The van der Waals surface area contributed by atoms with Gasteiger partial charge in [0.05, 0.1) is 5.69 Å². The molecule has 130 valence electrons. The van der Waals surface area contributed by atoms with Crippen molar-refractivity contribution in [2.75, 3.05) is 32.1 Å². The molecule has 0 saturated carbocycles. The number of nitrogens with one attached hydrogen (secondary N) is 1. The van der Waals surface area contributed by atoms with Gasteiger partial charge >= 0.3 is 0 Å². The molecule has 0 aromatic carbocycles. The van der Waals surface area contributed by atoms with E-state index < -0.39 is 0 Å². The molecular weight excluding hydrogens is 340 g/mol. The molecule has 0 radical (unpaired) electrons. The fraction of sp³-hybridized carbons (Fsp3) is 0.529. The van der Waals surface area contributed by atoms with Crippen LogP contribution in [-0.2, 0) is 11.2 Å². The molecule has 24 heavy (non-hydrogen) atoms. The van der Waals surface area contributed by atoms with Gasteiger partial charge in [-0.05, 0) is 39.4 Å². The van der Waals surface area contributed by atoms with Crippen LogP contribution < -0.4 is 10.2 Å². The Morgan fingerprint density at radius 1 is 1.50 bits per heavy atom. The maximum atomic E-state index is 12.6. The molecule has 0 bridgehead atoms. The van der Waals surface area contributed by atoms with E-state index in [1.165, 1.54) is 5.56 Å². The average Bonchev–Trinajstić information content (AvgIpc) is 3.20. The van der Waals surface area contributed by atoms with Crippen molar-refractivity contribution in [2.24, 2.45) is 0 Å². The van der Waals surface area contributed by atoms with Gasteiger partial charge in [-0.2, -0.15) is 11.3 Å². The van der Waals surface area contributed by atoms with Gasteiger partial charge in [0.25, 0.3) is 0 Å². The molecule has 2 aromatic rings. The second-order valence-electron chi connectivity index (χ2n) is 6.60. The Hall–Kier alpha value is -1.44. The van der Waals surface area contributed by atoms with E-state index >= 15 is 0 Å². The van der Waals surface area contributed by atoms with E-state index in [1.54, 1.807) is 22.7 Å². The van der Waals surface area contributed by atoms with Crippen molar-refractivity contribution >= 4 is 33.6 Å². The number of carbonyl (C=O) groups excluding carboxylic acids is 1. The molecule has 0 unspecified atom stereocenters. The summed E-state index contributed by atoms with van der Waals surface area (Å²) in [6, 6.07) is 2.23. The standard InChI is InChI=1S/C17H24N4OS2/c1-11(2)21-14(15(22)18-6-7-20(3)4)9-13-17(21)24-16(19-13)12-5-8-23-10-12/h5,8,10-11,14H,6-7,9H2,1-4H3,(H,18,22)/t14-/m1/s1. The number of nitrogens with zero attached hydrogens (tertiary/aromatic N) is 3. The Balaban J connectivity index is 1.76. The first-order valence-corrected chi connectivity index (χ1v) is 9.96. The molecule has 0 saturated heterocycles. The monoisotopic (exact) mass is 364 g/mol. The SMILES string of the molecule is CC(C)N1c2sc(-c3ccsc3)nc2C[C@@H]1C(=O)NCCN(C)C. The third-order valence-electron chi connectivity index (χ3n) is 4.12. The molecule has 1 N–H and O–H groups in total. The van der Waals surface area contributed by atoms with E-state index in [1.807, 2.05) is 14.1 Å². The zero-order chi connectivity index (χ0) is 17.3. The van der Waals surface area contributed by atoms with Gasteiger partial charge in [0.1, 0.15) is 16.1 Å². The summed E-state index contributed by atoms with van der Waals surface area (Å²) in [5.74, 6) is 0.104. The summed E-state index contributed by atoms with van der Waals surface area (Å²) in [5.41, 5.74) is 2.23. The number of anilines is 1. The minimum Gasteiger partial charge on any atom is -0.353 e. The van der Waals surface area contributed by atoms with Gasteiger partial charge in [0.15, 0.2) is 0 Å². The van der Waals surface area contributed by atoms with Crippen LogP contribution >= 0.6 is 22.7 Å². The number of thiophene rings is 1. The van der Waals surface area contributed by atoms with Crippen LogP contribution in [0.5, 0.6) is 0 Å². The maximum absolute atomic E-state index is 12.6. The zero-order valence-corrected chi connectivity index (χ0v) is 16.2. The third-order valence-corrected chi connectivity index (χ3v) is 5.96. The molecule has 3 heterocycles. The van der Waals surface area contributed by atoms with Crippen LogP contribution in [0.25, 0.3) is 10.6 Å². The van der Waals surface area contributed by atoms with E-state index in [4.69, 9.17) is 4.98 Å². The number of amides is 1. The molecular formula is C17H24N4OS2. The fourth-order valence-corrected chi connectivity index (χ4v) is 4.93. The van der Waals surface area contributed by atoms with Gasteiger partial charge in [0, 0.05) is 36.5 Å². The van der Waals surface area contributed by atoms with Crippen LogP contribution in [0.3, 0.4) is 0 Å². The smallest absolute Gasteiger partial charge is 0.243 e. The van der Waals surface area contributed by atoms with Crippen molar-refractivity contribution in [3.05, 3.63) is 22.5 Å². The lowest BCUT2D eigenvalue weighted by atomic mass is 10.1. The lowest BCUT2D eigenvalue weighted by molar-refractivity contribution is -0.122. The van der Waals surface area contributed by atoms with Crippen molar-refractivity contribution in [3.63, 3.8) is 0 Å². The first-order chi connectivity index (χ1) is 11.5. The summed E-state index contributed by atoms with van der Waals surface area (Å²) < 4.78 is 0. The molecule has 1 atom stereocenters. The molecule has 2 aromatic heterocycles. The molecule has 0 spiro atoms. The molecule has 1 aliphatic rings. The predicted octanol–water partition coefficient (Wildman–Crippen LogP) is 2.69. The zero-order valence-electron chi connectivity index (χ0n) is 14.6. The van der Waals surface area contributed by atoms with Gasteiger partial charge in [0.2, 0.25) is 5.91 Å². The number of aromatic nitrogens is 1. The molecule has 1 aliphatic heterocycles. The molecule has 3 rings (SSSR count). The third kappa shape index (κ3) is 3.48. The number of hydrogen-bond acceptors (Lipinski definition) is 6. The van der Waals surface area contributed by atoms with Crippen molar-refractivity contribution < 1.29 is 4.79 Å². The average molecular weight is 365 g/mol. The fourth-order valence-electron chi connectivity index (χ4n) is 2.94. The van der Waals surface area contributed by atoms with Crippen molar-refractivity contribution in [1.29, 1.82) is 0 Å². The number of likely N-dealkylation sites (N-methyl/N-ethyl adjacent to an activating group) is 1. The van der Waals surface area contributed by atoms with E-state index in [-0.39, 0.29) is 18.0 Å². The van der Waals surface area contributed by atoms with Gasteiger partial charge in [-0.25, -0.2) is 4.98 Å². The molecule has 7 heteroatoms. The molecule has 5 nitrogen and oxygen atoms in total. The number of hydrogen-bond donors (Lipinski definition) is 1. The Labute approximate surface area is 151 Å². The number of carbonyl (C=O) groups is 1.